The van der Waals surface area contributed by atoms with Crippen molar-refractivity contribution >= 4 is 24.2 Å². The third-order valence-electron chi connectivity index (χ3n) is 3.19. The summed E-state index contributed by atoms with van der Waals surface area (Å²) in [6.45, 7) is 3.04. The average molecular weight is 368 g/mol. The Balaban J connectivity index is 0.00000529. The molecule has 9 heteroatoms. The van der Waals surface area contributed by atoms with E-state index >= 15 is 0 Å². The smallest absolute Gasteiger partial charge is 0.348 e. The maximum absolute atomic E-state index is 12.8. The number of hydrogen-bond donors (Lipinski definition) is 3. The molecule has 0 aliphatic carbocycles. The van der Waals surface area contributed by atoms with Gasteiger partial charge in [0.05, 0.1) is 24.7 Å². The molecule has 0 fully saturated rings. The van der Waals surface area contributed by atoms with Crippen LogP contribution in [-0.2, 0) is 15.8 Å². The van der Waals surface area contributed by atoms with Crippen molar-refractivity contribution in [2.24, 2.45) is 11.7 Å². The molecule has 0 saturated heterocycles. The summed E-state index contributed by atoms with van der Waals surface area (Å²) in [4.78, 5) is 22.9. The fourth-order valence-electron chi connectivity index (χ4n) is 2.02. The molecule has 136 valence electrons. The van der Waals surface area contributed by atoms with Crippen LogP contribution in [0.15, 0.2) is 24.3 Å². The molecule has 2 amide bonds. The fourth-order valence-corrected chi connectivity index (χ4v) is 2.02. The molecule has 0 heterocycles. The van der Waals surface area contributed by atoms with Gasteiger partial charge in [0, 0.05) is 0 Å². The molecule has 0 aliphatic rings. The van der Waals surface area contributed by atoms with Gasteiger partial charge in [-0.15, -0.1) is 12.4 Å². The summed E-state index contributed by atoms with van der Waals surface area (Å²) in [5.41, 5.74) is 4.69. The second kappa shape index (κ2) is 9.48. The van der Waals surface area contributed by atoms with Crippen molar-refractivity contribution in [2.75, 3.05) is 13.1 Å². The summed E-state index contributed by atoms with van der Waals surface area (Å²) in [6.07, 6.45) is -4.45. The van der Waals surface area contributed by atoms with Crippen molar-refractivity contribution in [3.8, 4) is 0 Å². The average Bonchev–Trinajstić information content (AvgIpc) is 2.49. The van der Waals surface area contributed by atoms with Crippen molar-refractivity contribution in [3.05, 3.63) is 35.4 Å². The first-order chi connectivity index (χ1) is 10.6. The number of rotatable bonds is 6. The minimum atomic E-state index is -4.45. The van der Waals surface area contributed by atoms with Gasteiger partial charge in [-0.25, -0.2) is 0 Å². The number of carbonyl (C=O) groups is 2. The molecule has 1 aromatic rings. The maximum atomic E-state index is 12.8. The molecule has 1 aromatic carbocycles. The standard InChI is InChI=1S/C15H20F3N3O2.ClH/c1-9(2)14(21-13(23)8-20-12(22)7-19)10-4-3-5-11(6-10)15(16,17)18;/h3-6,9,14H,7-8,19H2,1-2H3,(H,20,22)(H,21,23);1H. The molecule has 0 aliphatic heterocycles. The number of hydrogen-bond acceptors (Lipinski definition) is 3. The van der Waals surface area contributed by atoms with E-state index in [1.807, 2.05) is 0 Å². The van der Waals surface area contributed by atoms with Crippen LogP contribution in [-0.4, -0.2) is 24.9 Å². The van der Waals surface area contributed by atoms with Crippen LogP contribution in [0.5, 0.6) is 0 Å². The second-order valence-electron chi connectivity index (χ2n) is 5.39. The van der Waals surface area contributed by atoms with E-state index in [0.717, 1.165) is 12.1 Å². The fraction of sp³-hybridized carbons (Fsp3) is 0.467. The topological polar surface area (TPSA) is 84.2 Å². The number of nitrogens with one attached hydrogen (secondary N) is 2. The Hall–Kier alpha value is -1.80. The zero-order valence-electron chi connectivity index (χ0n) is 13.3. The van der Waals surface area contributed by atoms with E-state index in [0.29, 0.717) is 5.56 Å². The predicted molar refractivity (Wildman–Crippen MR) is 86.5 cm³/mol. The van der Waals surface area contributed by atoms with Crippen LogP contribution in [0, 0.1) is 5.92 Å². The van der Waals surface area contributed by atoms with Crippen molar-refractivity contribution < 1.29 is 22.8 Å². The molecule has 1 rings (SSSR count). The van der Waals surface area contributed by atoms with Gasteiger partial charge in [-0.2, -0.15) is 13.2 Å². The molecule has 24 heavy (non-hydrogen) atoms. The van der Waals surface area contributed by atoms with Gasteiger partial charge in [-0.3, -0.25) is 9.59 Å². The second-order valence-corrected chi connectivity index (χ2v) is 5.39. The number of benzene rings is 1. The highest BCUT2D eigenvalue weighted by Gasteiger charge is 2.31. The zero-order valence-corrected chi connectivity index (χ0v) is 14.1. The van der Waals surface area contributed by atoms with Gasteiger partial charge in [0.2, 0.25) is 11.8 Å². The minimum Gasteiger partial charge on any atom is -0.348 e. The normalized spacial score (nSPS) is 12.3. The lowest BCUT2D eigenvalue weighted by Crippen LogP contribution is -2.41. The van der Waals surface area contributed by atoms with Gasteiger partial charge in [0.1, 0.15) is 0 Å². The summed E-state index contributed by atoms with van der Waals surface area (Å²) in [7, 11) is 0. The summed E-state index contributed by atoms with van der Waals surface area (Å²) in [6, 6.07) is 4.22. The lowest BCUT2D eigenvalue weighted by molar-refractivity contribution is -0.137. The molecule has 1 atom stereocenters. The number of nitrogens with two attached hydrogens (primary N) is 1. The SMILES string of the molecule is CC(C)C(NC(=O)CNC(=O)CN)c1cccc(C(F)(F)F)c1.Cl. The van der Waals surface area contributed by atoms with Crippen molar-refractivity contribution in [3.63, 3.8) is 0 Å². The molecule has 0 aromatic heterocycles. The van der Waals surface area contributed by atoms with Crippen LogP contribution in [0.2, 0.25) is 0 Å². The summed E-state index contributed by atoms with van der Waals surface area (Å²) < 4.78 is 38.4. The number of amides is 2. The van der Waals surface area contributed by atoms with Gasteiger partial charge in [0.25, 0.3) is 0 Å². The summed E-state index contributed by atoms with van der Waals surface area (Å²) in [5.74, 6) is -1.11. The maximum Gasteiger partial charge on any atom is 0.416 e. The lowest BCUT2D eigenvalue weighted by atomic mass is 9.94. The Labute approximate surface area is 144 Å². The third kappa shape index (κ3) is 6.76. The first-order valence-electron chi connectivity index (χ1n) is 7.08. The van der Waals surface area contributed by atoms with E-state index in [2.05, 4.69) is 10.6 Å². The van der Waals surface area contributed by atoms with Crippen LogP contribution >= 0.6 is 12.4 Å². The van der Waals surface area contributed by atoms with Crippen molar-refractivity contribution in [1.82, 2.24) is 10.6 Å². The molecule has 0 saturated carbocycles. The molecule has 0 radical (unpaired) electrons. The first kappa shape index (κ1) is 22.2. The zero-order chi connectivity index (χ0) is 17.6. The Bertz CT molecular complexity index is 565. The highest BCUT2D eigenvalue weighted by molar-refractivity contribution is 5.86. The lowest BCUT2D eigenvalue weighted by Gasteiger charge is -2.24. The highest BCUT2D eigenvalue weighted by Crippen LogP contribution is 2.32. The van der Waals surface area contributed by atoms with Crippen LogP contribution in [0.1, 0.15) is 31.0 Å². The predicted octanol–water partition coefficient (Wildman–Crippen LogP) is 2.02. The summed E-state index contributed by atoms with van der Waals surface area (Å²) in [5, 5.41) is 4.94. The monoisotopic (exact) mass is 367 g/mol. The van der Waals surface area contributed by atoms with Crippen LogP contribution < -0.4 is 16.4 Å². The van der Waals surface area contributed by atoms with E-state index in [9.17, 15) is 22.8 Å². The van der Waals surface area contributed by atoms with Gasteiger partial charge in [-0.05, 0) is 23.6 Å². The Kier molecular flexibility index (Phi) is 8.77. The molecule has 0 bridgehead atoms. The number of carbonyl (C=O) groups excluding carboxylic acids is 2. The van der Waals surface area contributed by atoms with Gasteiger partial charge in [-0.1, -0.05) is 26.0 Å². The first-order valence-corrected chi connectivity index (χ1v) is 7.08. The quantitative estimate of drug-likeness (QED) is 0.719. The van der Waals surface area contributed by atoms with Gasteiger partial charge < -0.3 is 16.4 Å². The van der Waals surface area contributed by atoms with Crippen molar-refractivity contribution in [2.45, 2.75) is 26.1 Å². The molecule has 4 N–H and O–H groups in total. The Morgan fingerprint density at radius 1 is 1.21 bits per heavy atom. The van der Waals surface area contributed by atoms with E-state index < -0.39 is 29.6 Å². The largest absolute Gasteiger partial charge is 0.416 e. The number of alkyl halides is 3. The molecule has 5 nitrogen and oxygen atoms in total. The van der Waals surface area contributed by atoms with Crippen LogP contribution in [0.3, 0.4) is 0 Å². The van der Waals surface area contributed by atoms with Crippen molar-refractivity contribution in [1.29, 1.82) is 0 Å². The van der Waals surface area contributed by atoms with Crippen LogP contribution in [0.4, 0.5) is 13.2 Å². The molecular formula is C15H21ClF3N3O2. The van der Waals surface area contributed by atoms with E-state index in [1.54, 1.807) is 13.8 Å². The minimum absolute atomic E-state index is 0. The molecular weight excluding hydrogens is 347 g/mol. The van der Waals surface area contributed by atoms with Gasteiger partial charge >= 0.3 is 6.18 Å². The molecule has 0 spiro atoms. The van der Waals surface area contributed by atoms with Crippen LogP contribution in [0.25, 0.3) is 0 Å². The summed E-state index contributed by atoms with van der Waals surface area (Å²) >= 11 is 0. The van der Waals surface area contributed by atoms with Gasteiger partial charge in [0.15, 0.2) is 0 Å². The Morgan fingerprint density at radius 3 is 2.33 bits per heavy atom. The molecule has 1 unspecified atom stereocenters. The van der Waals surface area contributed by atoms with E-state index in [4.69, 9.17) is 5.73 Å². The highest BCUT2D eigenvalue weighted by atomic mass is 35.5. The van der Waals surface area contributed by atoms with E-state index in [-0.39, 0.29) is 31.4 Å². The Morgan fingerprint density at radius 2 is 1.83 bits per heavy atom. The van der Waals surface area contributed by atoms with E-state index in [1.165, 1.54) is 12.1 Å². The third-order valence-corrected chi connectivity index (χ3v) is 3.19. The number of halogens is 4.